The Balaban J connectivity index is 1.70. The van der Waals surface area contributed by atoms with Gasteiger partial charge in [0.1, 0.15) is 6.04 Å². The predicted octanol–water partition coefficient (Wildman–Crippen LogP) is 1.23. The molecule has 2 aromatic rings. The van der Waals surface area contributed by atoms with Gasteiger partial charge < -0.3 is 15.4 Å². The summed E-state index contributed by atoms with van der Waals surface area (Å²) >= 11 is 0. The van der Waals surface area contributed by atoms with Crippen molar-refractivity contribution in [2.75, 3.05) is 13.2 Å². The molecule has 0 spiro atoms. The lowest BCUT2D eigenvalue weighted by molar-refractivity contribution is -0.129. The van der Waals surface area contributed by atoms with Crippen molar-refractivity contribution < 1.29 is 9.53 Å². The number of amides is 1. The monoisotopic (exact) mass is 285 g/mol. The first kappa shape index (κ1) is 14.0. The van der Waals surface area contributed by atoms with Crippen LogP contribution < -0.4 is 10.6 Å². The van der Waals surface area contributed by atoms with Crippen LogP contribution >= 0.6 is 0 Å². The van der Waals surface area contributed by atoms with Crippen LogP contribution in [0.5, 0.6) is 0 Å². The van der Waals surface area contributed by atoms with E-state index in [1.54, 1.807) is 6.20 Å². The minimum atomic E-state index is -0.297. The first-order chi connectivity index (χ1) is 10.3. The van der Waals surface area contributed by atoms with E-state index in [0.717, 1.165) is 16.5 Å². The van der Waals surface area contributed by atoms with Gasteiger partial charge in [0.15, 0.2) is 0 Å². The van der Waals surface area contributed by atoms with E-state index in [-0.39, 0.29) is 18.1 Å². The zero-order valence-electron chi connectivity index (χ0n) is 12.0. The molecular formula is C16H19N3O2. The maximum Gasteiger partial charge on any atom is 0.240 e. The third kappa shape index (κ3) is 3.04. The molecule has 1 aliphatic heterocycles. The number of pyridine rings is 1. The van der Waals surface area contributed by atoms with Crippen LogP contribution in [0.1, 0.15) is 12.6 Å². The largest absolute Gasteiger partial charge is 0.375 e. The second-order valence-corrected chi connectivity index (χ2v) is 5.20. The highest BCUT2D eigenvalue weighted by atomic mass is 16.5. The van der Waals surface area contributed by atoms with E-state index >= 15 is 0 Å². The van der Waals surface area contributed by atoms with Crippen LogP contribution in [0.15, 0.2) is 36.5 Å². The van der Waals surface area contributed by atoms with Crippen LogP contribution in [0.2, 0.25) is 0 Å². The second-order valence-electron chi connectivity index (χ2n) is 5.20. The van der Waals surface area contributed by atoms with Crippen LogP contribution in [0, 0.1) is 0 Å². The quantitative estimate of drug-likeness (QED) is 0.890. The molecule has 1 saturated heterocycles. The van der Waals surface area contributed by atoms with Gasteiger partial charge >= 0.3 is 0 Å². The Morgan fingerprint density at radius 3 is 3.14 bits per heavy atom. The van der Waals surface area contributed by atoms with E-state index in [2.05, 4.69) is 15.6 Å². The highest BCUT2D eigenvalue weighted by Crippen LogP contribution is 2.16. The van der Waals surface area contributed by atoms with Crippen molar-refractivity contribution in [3.05, 3.63) is 42.2 Å². The number of aromatic nitrogens is 1. The lowest BCUT2D eigenvalue weighted by Gasteiger charge is -2.29. The Labute approximate surface area is 123 Å². The molecule has 1 aromatic carbocycles. The molecule has 0 bridgehead atoms. The van der Waals surface area contributed by atoms with Crippen LogP contribution in [0.25, 0.3) is 10.8 Å². The number of carbonyl (C=O) groups is 1. The maximum absolute atomic E-state index is 12.2. The molecule has 5 nitrogen and oxygen atoms in total. The summed E-state index contributed by atoms with van der Waals surface area (Å²) in [6.07, 6.45) is 1.66. The number of benzene rings is 1. The number of rotatable bonds is 3. The van der Waals surface area contributed by atoms with Gasteiger partial charge in [0.05, 0.1) is 24.9 Å². The van der Waals surface area contributed by atoms with Gasteiger partial charge in [-0.3, -0.25) is 9.78 Å². The van der Waals surface area contributed by atoms with Gasteiger partial charge in [0.25, 0.3) is 0 Å². The van der Waals surface area contributed by atoms with Crippen molar-refractivity contribution in [2.45, 2.75) is 25.6 Å². The highest BCUT2D eigenvalue weighted by Gasteiger charge is 2.28. The Bertz CT molecular complexity index is 639. The summed E-state index contributed by atoms with van der Waals surface area (Å²) in [4.78, 5) is 16.6. The van der Waals surface area contributed by atoms with E-state index in [0.29, 0.717) is 19.7 Å². The van der Waals surface area contributed by atoms with E-state index in [9.17, 15) is 4.79 Å². The van der Waals surface area contributed by atoms with E-state index < -0.39 is 0 Å². The Morgan fingerprint density at radius 2 is 2.29 bits per heavy atom. The molecular weight excluding hydrogens is 266 g/mol. The number of nitrogens with one attached hydrogen (secondary N) is 2. The molecule has 21 heavy (non-hydrogen) atoms. The summed E-state index contributed by atoms with van der Waals surface area (Å²) in [6, 6.07) is 9.71. The molecule has 3 rings (SSSR count). The second kappa shape index (κ2) is 6.20. The fourth-order valence-corrected chi connectivity index (χ4v) is 2.63. The normalized spacial score (nSPS) is 22.1. The summed E-state index contributed by atoms with van der Waals surface area (Å²) in [5, 5.41) is 8.33. The Kier molecular flexibility index (Phi) is 4.13. The third-order valence-corrected chi connectivity index (χ3v) is 3.79. The van der Waals surface area contributed by atoms with Crippen molar-refractivity contribution in [1.82, 2.24) is 15.6 Å². The fraction of sp³-hybridized carbons (Fsp3) is 0.375. The van der Waals surface area contributed by atoms with Gasteiger partial charge in [-0.05, 0) is 18.4 Å². The van der Waals surface area contributed by atoms with Gasteiger partial charge in [-0.2, -0.15) is 0 Å². The maximum atomic E-state index is 12.2. The molecule has 2 N–H and O–H groups in total. The van der Waals surface area contributed by atoms with Crippen LogP contribution in [0.3, 0.4) is 0 Å². The molecule has 110 valence electrons. The topological polar surface area (TPSA) is 63.2 Å². The number of carbonyl (C=O) groups excluding carboxylic acids is 1. The molecule has 0 radical (unpaired) electrons. The van der Waals surface area contributed by atoms with Gasteiger partial charge in [0, 0.05) is 18.1 Å². The molecule has 0 aliphatic carbocycles. The SMILES string of the molecule is C[C@H]1OCCN[C@@H]1C(=O)NCc1nccc2ccccc12. The molecule has 0 saturated carbocycles. The molecule has 1 fully saturated rings. The van der Waals surface area contributed by atoms with Crippen molar-refractivity contribution in [3.8, 4) is 0 Å². The molecule has 2 atom stereocenters. The molecule has 1 aromatic heterocycles. The van der Waals surface area contributed by atoms with E-state index in [1.807, 2.05) is 37.3 Å². The van der Waals surface area contributed by atoms with Crippen LogP contribution in [0.4, 0.5) is 0 Å². The third-order valence-electron chi connectivity index (χ3n) is 3.79. The fourth-order valence-electron chi connectivity index (χ4n) is 2.63. The van der Waals surface area contributed by atoms with Gasteiger partial charge in [-0.15, -0.1) is 0 Å². The molecule has 1 amide bonds. The number of hydrogen-bond donors (Lipinski definition) is 2. The van der Waals surface area contributed by atoms with Crippen molar-refractivity contribution in [1.29, 1.82) is 0 Å². The first-order valence-corrected chi connectivity index (χ1v) is 7.21. The number of morpholine rings is 1. The number of nitrogens with zero attached hydrogens (tertiary/aromatic N) is 1. The van der Waals surface area contributed by atoms with Crippen molar-refractivity contribution in [2.24, 2.45) is 0 Å². The number of fused-ring (bicyclic) bond motifs is 1. The number of hydrogen-bond acceptors (Lipinski definition) is 4. The van der Waals surface area contributed by atoms with Gasteiger partial charge in [0.2, 0.25) is 5.91 Å². The smallest absolute Gasteiger partial charge is 0.240 e. The molecule has 0 unspecified atom stereocenters. The predicted molar refractivity (Wildman–Crippen MR) is 80.8 cm³/mol. The molecule has 2 heterocycles. The lowest BCUT2D eigenvalue weighted by atomic mass is 10.1. The zero-order chi connectivity index (χ0) is 14.7. The van der Waals surface area contributed by atoms with Crippen molar-refractivity contribution >= 4 is 16.7 Å². The summed E-state index contributed by atoms with van der Waals surface area (Å²) < 4.78 is 5.49. The van der Waals surface area contributed by atoms with Crippen molar-refractivity contribution in [3.63, 3.8) is 0 Å². The minimum absolute atomic E-state index is 0.0445. The lowest BCUT2D eigenvalue weighted by Crippen LogP contribution is -2.55. The summed E-state index contributed by atoms with van der Waals surface area (Å²) in [6.45, 7) is 3.68. The van der Waals surface area contributed by atoms with Gasteiger partial charge in [-0.1, -0.05) is 24.3 Å². The van der Waals surface area contributed by atoms with E-state index in [4.69, 9.17) is 4.74 Å². The molecule has 1 aliphatic rings. The average Bonchev–Trinajstić information content (AvgIpc) is 2.53. The minimum Gasteiger partial charge on any atom is -0.375 e. The first-order valence-electron chi connectivity index (χ1n) is 7.21. The Morgan fingerprint density at radius 1 is 1.43 bits per heavy atom. The van der Waals surface area contributed by atoms with E-state index in [1.165, 1.54) is 0 Å². The van der Waals surface area contributed by atoms with Crippen LogP contribution in [-0.2, 0) is 16.1 Å². The summed E-state index contributed by atoms with van der Waals surface area (Å²) in [5.41, 5.74) is 0.880. The summed E-state index contributed by atoms with van der Waals surface area (Å²) in [7, 11) is 0. The van der Waals surface area contributed by atoms with Crippen LogP contribution in [-0.4, -0.2) is 36.2 Å². The van der Waals surface area contributed by atoms with Gasteiger partial charge in [-0.25, -0.2) is 0 Å². The Hall–Kier alpha value is -1.98. The average molecular weight is 285 g/mol. The summed E-state index contributed by atoms with van der Waals surface area (Å²) in [5.74, 6) is -0.0445. The molecule has 5 heteroatoms. The zero-order valence-corrected chi connectivity index (χ0v) is 12.0. The highest BCUT2D eigenvalue weighted by molar-refractivity contribution is 5.86. The number of ether oxygens (including phenoxy) is 1. The standard InChI is InChI=1S/C16H19N3O2/c1-11-15(18-8-9-21-11)16(20)19-10-14-13-5-3-2-4-12(13)6-7-17-14/h2-7,11,15,18H,8-10H2,1H3,(H,19,20)/t11-,15+/m1/s1.